The number of guanidine groups is 1. The second kappa shape index (κ2) is 11.2. The summed E-state index contributed by atoms with van der Waals surface area (Å²) in [5.74, 6) is 2.07. The first-order valence-corrected chi connectivity index (χ1v) is 9.31. The number of nitrogens with zero attached hydrogens (tertiary/aromatic N) is 1. The highest BCUT2D eigenvalue weighted by Gasteiger charge is 2.29. The van der Waals surface area contributed by atoms with Gasteiger partial charge < -0.3 is 29.6 Å². The lowest BCUT2D eigenvalue weighted by atomic mass is 10.2. The van der Waals surface area contributed by atoms with Crippen LogP contribution in [0.3, 0.4) is 0 Å². The van der Waals surface area contributed by atoms with Crippen LogP contribution in [-0.4, -0.2) is 47.1 Å². The lowest BCUT2D eigenvalue weighted by molar-refractivity contribution is -0.153. The molecule has 0 saturated heterocycles. The van der Waals surface area contributed by atoms with Crippen LogP contribution in [0.2, 0.25) is 0 Å². The van der Waals surface area contributed by atoms with Gasteiger partial charge >= 0.3 is 6.18 Å². The number of alkyl halides is 3. The Morgan fingerprint density at radius 2 is 1.29 bits per heavy atom. The van der Waals surface area contributed by atoms with Gasteiger partial charge in [0.05, 0.1) is 21.3 Å². The van der Waals surface area contributed by atoms with Gasteiger partial charge in [0.1, 0.15) is 0 Å². The molecule has 170 valence electrons. The number of ether oxygens (including phenoxy) is 4. The van der Waals surface area contributed by atoms with Crippen molar-refractivity contribution in [2.75, 3.05) is 35.0 Å². The number of halogens is 3. The minimum absolute atomic E-state index is 0.0273. The molecule has 0 spiro atoms. The zero-order valence-electron chi connectivity index (χ0n) is 17.8. The summed E-state index contributed by atoms with van der Waals surface area (Å²) < 4.78 is 57.6. The van der Waals surface area contributed by atoms with E-state index < -0.39 is 12.8 Å². The van der Waals surface area contributed by atoms with Crippen LogP contribution in [0.4, 0.5) is 13.2 Å². The highest BCUT2D eigenvalue weighted by atomic mass is 19.4. The SMILES string of the molecule is CN=C(NCc1ccc(OC)c(OC)c1)NCc1ccc(OCC(F)(F)F)c(OC)c1. The molecular weight excluding hydrogens is 415 g/mol. The molecule has 0 unspecified atom stereocenters. The molecule has 2 aromatic rings. The molecule has 0 radical (unpaired) electrons. The molecule has 2 aromatic carbocycles. The summed E-state index contributed by atoms with van der Waals surface area (Å²) in [4.78, 5) is 4.17. The molecule has 31 heavy (non-hydrogen) atoms. The normalized spacial score (nSPS) is 11.6. The van der Waals surface area contributed by atoms with Crippen LogP contribution in [-0.2, 0) is 13.1 Å². The minimum atomic E-state index is -4.42. The van der Waals surface area contributed by atoms with Crippen LogP contribution in [0.1, 0.15) is 11.1 Å². The summed E-state index contributed by atoms with van der Waals surface area (Å²) in [6.07, 6.45) is -4.42. The number of aliphatic imine (C=N–C) groups is 1. The number of nitrogens with one attached hydrogen (secondary N) is 2. The van der Waals surface area contributed by atoms with Crippen LogP contribution in [0.15, 0.2) is 41.4 Å². The van der Waals surface area contributed by atoms with E-state index >= 15 is 0 Å². The highest BCUT2D eigenvalue weighted by Crippen LogP contribution is 2.30. The van der Waals surface area contributed by atoms with Gasteiger partial charge in [0.15, 0.2) is 35.6 Å². The third-order valence-electron chi connectivity index (χ3n) is 4.21. The van der Waals surface area contributed by atoms with Crippen molar-refractivity contribution in [3.63, 3.8) is 0 Å². The quantitative estimate of drug-likeness (QED) is 0.458. The molecule has 0 aliphatic carbocycles. The van der Waals surface area contributed by atoms with Crippen molar-refractivity contribution in [1.29, 1.82) is 0 Å². The Hall–Kier alpha value is -3.30. The summed E-state index contributed by atoms with van der Waals surface area (Å²) in [6, 6.07) is 10.3. The largest absolute Gasteiger partial charge is 0.493 e. The van der Waals surface area contributed by atoms with Gasteiger partial charge in [-0.25, -0.2) is 0 Å². The van der Waals surface area contributed by atoms with Gasteiger partial charge in [-0.3, -0.25) is 4.99 Å². The van der Waals surface area contributed by atoms with E-state index in [-0.39, 0.29) is 11.5 Å². The Balaban J connectivity index is 1.95. The average molecular weight is 441 g/mol. The fourth-order valence-corrected chi connectivity index (χ4v) is 2.68. The molecule has 0 amide bonds. The first kappa shape index (κ1) is 24.0. The van der Waals surface area contributed by atoms with E-state index in [1.807, 2.05) is 18.2 Å². The Kier molecular flexibility index (Phi) is 8.65. The molecule has 0 aliphatic heterocycles. The third-order valence-corrected chi connectivity index (χ3v) is 4.21. The van der Waals surface area contributed by atoms with Gasteiger partial charge in [-0.05, 0) is 35.4 Å². The zero-order valence-corrected chi connectivity index (χ0v) is 17.8. The van der Waals surface area contributed by atoms with Crippen molar-refractivity contribution in [1.82, 2.24) is 10.6 Å². The summed E-state index contributed by atoms with van der Waals surface area (Å²) in [6.45, 7) is -0.511. The smallest absolute Gasteiger partial charge is 0.422 e. The molecule has 2 rings (SSSR count). The minimum Gasteiger partial charge on any atom is -0.493 e. The van der Waals surface area contributed by atoms with Crippen LogP contribution in [0.25, 0.3) is 0 Å². The van der Waals surface area contributed by atoms with Crippen LogP contribution >= 0.6 is 0 Å². The van der Waals surface area contributed by atoms with Gasteiger partial charge in [0.25, 0.3) is 0 Å². The molecule has 0 heterocycles. The van der Waals surface area contributed by atoms with Gasteiger partial charge in [-0.2, -0.15) is 13.2 Å². The first-order valence-electron chi connectivity index (χ1n) is 9.31. The van der Waals surface area contributed by atoms with Gasteiger partial charge in [0.2, 0.25) is 0 Å². The molecule has 0 saturated carbocycles. The highest BCUT2D eigenvalue weighted by molar-refractivity contribution is 5.79. The third kappa shape index (κ3) is 7.47. The maximum Gasteiger partial charge on any atom is 0.422 e. The monoisotopic (exact) mass is 441 g/mol. The predicted molar refractivity (Wildman–Crippen MR) is 111 cm³/mol. The fourth-order valence-electron chi connectivity index (χ4n) is 2.68. The van der Waals surface area contributed by atoms with Crippen LogP contribution in [0, 0.1) is 0 Å². The first-order chi connectivity index (χ1) is 14.8. The molecule has 0 aromatic heterocycles. The number of methoxy groups -OCH3 is 3. The molecule has 10 heteroatoms. The Morgan fingerprint density at radius 3 is 1.74 bits per heavy atom. The van der Waals surface area contributed by atoms with E-state index in [2.05, 4.69) is 15.6 Å². The Labute approximate surface area is 179 Å². The maximum atomic E-state index is 12.4. The second-order valence-corrected chi connectivity index (χ2v) is 6.36. The van der Waals surface area contributed by atoms with E-state index in [1.165, 1.54) is 13.2 Å². The number of rotatable bonds is 9. The maximum absolute atomic E-state index is 12.4. The van der Waals surface area contributed by atoms with E-state index in [1.54, 1.807) is 33.4 Å². The standard InChI is InChI=1S/C21H26F3N3O4/c1-25-20(26-11-14-5-7-16(28-2)18(9-14)29-3)27-12-15-6-8-17(19(10-15)30-4)31-13-21(22,23)24/h5-10H,11-13H2,1-4H3,(H2,25,26,27). The van der Waals surface area contributed by atoms with Crippen molar-refractivity contribution in [2.45, 2.75) is 19.3 Å². The number of hydrogen-bond acceptors (Lipinski definition) is 5. The molecule has 2 N–H and O–H groups in total. The van der Waals surface area contributed by atoms with Crippen LogP contribution < -0.4 is 29.6 Å². The molecule has 0 aliphatic rings. The summed E-state index contributed by atoms with van der Waals surface area (Å²) >= 11 is 0. The second-order valence-electron chi connectivity index (χ2n) is 6.36. The molecule has 0 atom stereocenters. The molecule has 0 fully saturated rings. The number of hydrogen-bond donors (Lipinski definition) is 2. The Bertz CT molecular complexity index is 889. The lowest BCUT2D eigenvalue weighted by Crippen LogP contribution is -2.36. The van der Waals surface area contributed by atoms with Crippen LogP contribution in [0.5, 0.6) is 23.0 Å². The van der Waals surface area contributed by atoms with Gasteiger partial charge in [-0.15, -0.1) is 0 Å². The van der Waals surface area contributed by atoms with Crippen molar-refractivity contribution in [3.8, 4) is 23.0 Å². The van der Waals surface area contributed by atoms with Gasteiger partial charge in [0, 0.05) is 20.1 Å². The lowest BCUT2D eigenvalue weighted by Gasteiger charge is -2.15. The van der Waals surface area contributed by atoms with E-state index in [9.17, 15) is 13.2 Å². The topological polar surface area (TPSA) is 73.3 Å². The van der Waals surface area contributed by atoms with E-state index in [4.69, 9.17) is 18.9 Å². The Morgan fingerprint density at radius 1 is 0.806 bits per heavy atom. The summed E-state index contributed by atoms with van der Waals surface area (Å²) in [5.41, 5.74) is 1.75. The number of benzene rings is 2. The van der Waals surface area contributed by atoms with Gasteiger partial charge in [-0.1, -0.05) is 12.1 Å². The van der Waals surface area contributed by atoms with E-state index in [0.29, 0.717) is 30.5 Å². The predicted octanol–water partition coefficient (Wildman–Crippen LogP) is 3.52. The van der Waals surface area contributed by atoms with E-state index in [0.717, 1.165) is 11.1 Å². The summed E-state index contributed by atoms with van der Waals surface area (Å²) in [5, 5.41) is 6.32. The summed E-state index contributed by atoms with van der Waals surface area (Å²) in [7, 11) is 6.16. The van der Waals surface area contributed by atoms with Crippen molar-refractivity contribution in [3.05, 3.63) is 47.5 Å². The van der Waals surface area contributed by atoms with Crippen molar-refractivity contribution < 1.29 is 32.1 Å². The molecule has 0 bridgehead atoms. The van der Waals surface area contributed by atoms with Crippen molar-refractivity contribution >= 4 is 5.96 Å². The average Bonchev–Trinajstić information content (AvgIpc) is 2.77. The molecular formula is C21H26F3N3O4. The zero-order chi connectivity index (χ0) is 22.9. The van der Waals surface area contributed by atoms with Crippen molar-refractivity contribution in [2.24, 2.45) is 4.99 Å². The molecule has 7 nitrogen and oxygen atoms in total. The fraction of sp³-hybridized carbons (Fsp3) is 0.381.